The van der Waals surface area contributed by atoms with Gasteiger partial charge >= 0.3 is 0 Å². The standard InChI is InChI=1S/C20H27FN2O2/c1-13(2)22(3)19(24)14-8-10-23(11-9-14)20(25)18-6-4-15-12-16(21)5-7-17(15)18/h5,7,12-14,18H,4,6,8-11H2,1-3H3/t18-/m1/s1. The fraction of sp³-hybridized carbons (Fsp3) is 0.600. The smallest absolute Gasteiger partial charge is 0.230 e. The van der Waals surface area contributed by atoms with Crippen LogP contribution in [0.3, 0.4) is 0 Å². The topological polar surface area (TPSA) is 40.6 Å². The average molecular weight is 346 g/mol. The second kappa shape index (κ2) is 7.14. The number of amides is 2. The second-order valence-corrected chi connectivity index (χ2v) is 7.58. The number of nitrogens with zero attached hydrogens (tertiary/aromatic N) is 2. The average Bonchev–Trinajstić information content (AvgIpc) is 3.02. The van der Waals surface area contributed by atoms with Crippen LogP contribution in [-0.4, -0.2) is 47.8 Å². The summed E-state index contributed by atoms with van der Waals surface area (Å²) < 4.78 is 13.4. The summed E-state index contributed by atoms with van der Waals surface area (Å²) in [6.07, 6.45) is 2.97. The zero-order chi connectivity index (χ0) is 18.1. The van der Waals surface area contributed by atoms with Crippen molar-refractivity contribution in [3.63, 3.8) is 0 Å². The van der Waals surface area contributed by atoms with Gasteiger partial charge in [0.2, 0.25) is 11.8 Å². The quantitative estimate of drug-likeness (QED) is 0.844. The zero-order valence-corrected chi connectivity index (χ0v) is 15.3. The van der Waals surface area contributed by atoms with Crippen molar-refractivity contribution < 1.29 is 14.0 Å². The Bertz CT molecular complexity index is 666. The number of hydrogen-bond donors (Lipinski definition) is 0. The number of aryl methyl sites for hydroxylation is 1. The normalized spacial score (nSPS) is 20.7. The lowest BCUT2D eigenvalue weighted by Crippen LogP contribution is -2.46. The summed E-state index contributed by atoms with van der Waals surface area (Å²) in [5, 5.41) is 0. The SMILES string of the molecule is CC(C)N(C)C(=O)C1CCN(C(=O)[C@@H]2CCc3cc(F)ccc32)CC1. The number of benzene rings is 1. The van der Waals surface area contributed by atoms with Crippen molar-refractivity contribution in [3.05, 3.63) is 35.1 Å². The summed E-state index contributed by atoms with van der Waals surface area (Å²) in [7, 11) is 1.85. The van der Waals surface area contributed by atoms with Gasteiger partial charge in [-0.1, -0.05) is 6.07 Å². The fourth-order valence-electron chi connectivity index (χ4n) is 3.95. The van der Waals surface area contributed by atoms with Crippen LogP contribution in [0.25, 0.3) is 0 Å². The molecule has 1 heterocycles. The lowest BCUT2D eigenvalue weighted by atomic mass is 9.93. The predicted molar refractivity (Wildman–Crippen MR) is 94.7 cm³/mol. The van der Waals surface area contributed by atoms with Crippen molar-refractivity contribution in [2.24, 2.45) is 5.92 Å². The highest BCUT2D eigenvalue weighted by Crippen LogP contribution is 2.35. The van der Waals surface area contributed by atoms with Crippen LogP contribution in [0, 0.1) is 11.7 Å². The molecule has 1 saturated heterocycles. The molecule has 0 aromatic heterocycles. The number of rotatable bonds is 3. The van der Waals surface area contributed by atoms with E-state index in [1.54, 1.807) is 17.0 Å². The number of likely N-dealkylation sites (tertiary alicyclic amines) is 1. The van der Waals surface area contributed by atoms with Crippen LogP contribution in [0.1, 0.15) is 50.2 Å². The molecule has 4 nitrogen and oxygen atoms in total. The first-order valence-corrected chi connectivity index (χ1v) is 9.22. The van der Waals surface area contributed by atoms with Gasteiger partial charge < -0.3 is 9.80 Å². The van der Waals surface area contributed by atoms with Crippen LogP contribution in [0.4, 0.5) is 4.39 Å². The van der Waals surface area contributed by atoms with Gasteiger partial charge in [-0.15, -0.1) is 0 Å². The molecule has 2 amide bonds. The van der Waals surface area contributed by atoms with Gasteiger partial charge in [-0.05, 0) is 62.8 Å². The summed E-state index contributed by atoms with van der Waals surface area (Å²) in [4.78, 5) is 29.0. The van der Waals surface area contributed by atoms with E-state index in [0.29, 0.717) is 13.1 Å². The van der Waals surface area contributed by atoms with Gasteiger partial charge in [0, 0.05) is 32.1 Å². The molecule has 1 aromatic rings. The van der Waals surface area contributed by atoms with Gasteiger partial charge in [0.15, 0.2) is 0 Å². The van der Waals surface area contributed by atoms with E-state index in [9.17, 15) is 14.0 Å². The molecule has 0 spiro atoms. The first-order chi connectivity index (χ1) is 11.9. The van der Waals surface area contributed by atoms with E-state index >= 15 is 0 Å². The van der Waals surface area contributed by atoms with Crippen LogP contribution in [0.15, 0.2) is 18.2 Å². The van der Waals surface area contributed by atoms with E-state index in [1.165, 1.54) is 6.07 Å². The van der Waals surface area contributed by atoms with Gasteiger partial charge in [0.05, 0.1) is 5.92 Å². The molecule has 5 heteroatoms. The Hall–Kier alpha value is -1.91. The molecule has 1 aliphatic carbocycles. The largest absolute Gasteiger partial charge is 0.343 e. The summed E-state index contributed by atoms with van der Waals surface area (Å²) in [5.41, 5.74) is 1.94. The lowest BCUT2D eigenvalue weighted by Gasteiger charge is -2.35. The van der Waals surface area contributed by atoms with Crippen LogP contribution >= 0.6 is 0 Å². The van der Waals surface area contributed by atoms with Crippen molar-refractivity contribution in [3.8, 4) is 0 Å². The molecule has 136 valence electrons. The molecule has 1 aliphatic heterocycles. The molecule has 1 fully saturated rings. The van der Waals surface area contributed by atoms with Gasteiger partial charge in [-0.2, -0.15) is 0 Å². The molecule has 0 unspecified atom stereocenters. The minimum Gasteiger partial charge on any atom is -0.343 e. The number of halogens is 1. The van der Waals surface area contributed by atoms with E-state index in [-0.39, 0.29) is 35.5 Å². The van der Waals surface area contributed by atoms with E-state index in [1.807, 2.05) is 25.8 Å². The first kappa shape index (κ1) is 17.9. The maximum absolute atomic E-state index is 13.4. The maximum atomic E-state index is 13.4. The minimum atomic E-state index is -0.236. The van der Waals surface area contributed by atoms with E-state index in [4.69, 9.17) is 0 Å². The van der Waals surface area contributed by atoms with Crippen LogP contribution in [-0.2, 0) is 16.0 Å². The molecule has 2 aliphatic rings. The van der Waals surface area contributed by atoms with Crippen molar-refractivity contribution in [1.29, 1.82) is 0 Å². The highest BCUT2D eigenvalue weighted by molar-refractivity contribution is 5.85. The molecule has 0 radical (unpaired) electrons. The zero-order valence-electron chi connectivity index (χ0n) is 15.3. The van der Waals surface area contributed by atoms with Crippen molar-refractivity contribution in [1.82, 2.24) is 9.80 Å². The molecular formula is C20H27FN2O2. The molecular weight excluding hydrogens is 319 g/mol. The maximum Gasteiger partial charge on any atom is 0.230 e. The first-order valence-electron chi connectivity index (χ1n) is 9.22. The number of fused-ring (bicyclic) bond motifs is 1. The molecule has 25 heavy (non-hydrogen) atoms. The highest BCUT2D eigenvalue weighted by Gasteiger charge is 2.35. The number of hydrogen-bond acceptors (Lipinski definition) is 2. The molecule has 0 saturated carbocycles. The Kier molecular flexibility index (Phi) is 5.11. The predicted octanol–water partition coefficient (Wildman–Crippen LogP) is 2.96. The van der Waals surface area contributed by atoms with Crippen LogP contribution in [0.2, 0.25) is 0 Å². The van der Waals surface area contributed by atoms with Gasteiger partial charge in [0.1, 0.15) is 5.82 Å². The summed E-state index contributed by atoms with van der Waals surface area (Å²) in [6.45, 7) is 5.29. The highest BCUT2D eigenvalue weighted by atomic mass is 19.1. The molecule has 0 bridgehead atoms. The molecule has 1 aromatic carbocycles. The molecule has 0 N–H and O–H groups in total. The monoisotopic (exact) mass is 346 g/mol. The van der Waals surface area contributed by atoms with Gasteiger partial charge in [-0.25, -0.2) is 4.39 Å². The lowest BCUT2D eigenvalue weighted by molar-refractivity contribution is -0.141. The van der Waals surface area contributed by atoms with E-state index in [2.05, 4.69) is 0 Å². The van der Waals surface area contributed by atoms with Crippen molar-refractivity contribution in [2.45, 2.75) is 51.5 Å². The Morgan fingerprint density at radius 2 is 1.88 bits per heavy atom. The second-order valence-electron chi connectivity index (χ2n) is 7.58. The Morgan fingerprint density at radius 3 is 2.52 bits per heavy atom. The van der Waals surface area contributed by atoms with Crippen molar-refractivity contribution in [2.75, 3.05) is 20.1 Å². The third-order valence-electron chi connectivity index (χ3n) is 5.76. The Balaban J connectivity index is 1.61. The van der Waals surface area contributed by atoms with E-state index < -0.39 is 0 Å². The van der Waals surface area contributed by atoms with Crippen molar-refractivity contribution >= 4 is 11.8 Å². The van der Waals surface area contributed by atoms with E-state index in [0.717, 1.165) is 36.8 Å². The van der Waals surface area contributed by atoms with Gasteiger partial charge in [-0.3, -0.25) is 9.59 Å². The van der Waals surface area contributed by atoms with Gasteiger partial charge in [0.25, 0.3) is 0 Å². The number of carbonyl (C=O) groups excluding carboxylic acids is 2. The summed E-state index contributed by atoms with van der Waals surface area (Å²) in [5.74, 6) is -0.0553. The Labute approximate surface area is 149 Å². The number of piperidine rings is 1. The summed E-state index contributed by atoms with van der Waals surface area (Å²) >= 11 is 0. The molecule has 3 rings (SSSR count). The van der Waals surface area contributed by atoms with Crippen LogP contribution in [0.5, 0.6) is 0 Å². The molecule has 1 atom stereocenters. The Morgan fingerprint density at radius 1 is 1.20 bits per heavy atom. The third kappa shape index (κ3) is 3.55. The number of carbonyl (C=O) groups is 2. The minimum absolute atomic E-state index is 0.0152. The third-order valence-corrected chi connectivity index (χ3v) is 5.76. The van der Waals surface area contributed by atoms with Crippen LogP contribution < -0.4 is 0 Å². The summed E-state index contributed by atoms with van der Waals surface area (Å²) in [6, 6.07) is 4.95. The fourth-order valence-corrected chi connectivity index (χ4v) is 3.95.